The molecule has 0 atom stereocenters. The molecule has 2 aromatic carbocycles. The molecule has 1 aliphatic heterocycles. The largest absolute Gasteiger partial charge is 0.497 e. The minimum absolute atomic E-state index is 0.0657. The Morgan fingerprint density at radius 1 is 1.08 bits per heavy atom. The van der Waals surface area contributed by atoms with Crippen LogP contribution in [-0.2, 0) is 16.4 Å². The standard InChI is InChI=1S/C28H32BrN5O4S/c1-4-7-19-8-5-6-9-22(19)24-17-27(34-28(32-24)23(29)18-30-34)31-20-12-14-33(15-13-20)39(35,36)26-16-21(37-2)10-11-25(26)38-3/h5-6,8-11,16-18,20,31H,4,7,12-15H2,1-3H3. The fourth-order valence-electron chi connectivity index (χ4n) is 5.01. The predicted octanol–water partition coefficient (Wildman–Crippen LogP) is 5.39. The lowest BCUT2D eigenvalue weighted by molar-refractivity contribution is 0.326. The summed E-state index contributed by atoms with van der Waals surface area (Å²) in [6.07, 6.45) is 5.03. The summed E-state index contributed by atoms with van der Waals surface area (Å²) in [4.78, 5) is 5.03. The van der Waals surface area contributed by atoms with Crippen molar-refractivity contribution in [1.29, 1.82) is 0 Å². The molecule has 1 N–H and O–H groups in total. The molecule has 0 spiro atoms. The third kappa shape index (κ3) is 5.48. The van der Waals surface area contributed by atoms with Crippen LogP contribution in [0.3, 0.4) is 0 Å². The van der Waals surface area contributed by atoms with Crippen LogP contribution in [0.5, 0.6) is 11.5 Å². The van der Waals surface area contributed by atoms with Gasteiger partial charge in [-0.05, 0) is 52.9 Å². The number of piperidine rings is 1. The van der Waals surface area contributed by atoms with Crippen LogP contribution in [-0.4, -0.2) is 60.7 Å². The lowest BCUT2D eigenvalue weighted by Crippen LogP contribution is -2.42. The Labute approximate surface area is 237 Å². The van der Waals surface area contributed by atoms with E-state index in [1.54, 1.807) is 22.8 Å². The topological polar surface area (TPSA) is 98.1 Å². The summed E-state index contributed by atoms with van der Waals surface area (Å²) in [5.74, 6) is 1.59. The average Bonchev–Trinajstić information content (AvgIpc) is 3.34. The van der Waals surface area contributed by atoms with Crippen molar-refractivity contribution in [3.8, 4) is 22.8 Å². The van der Waals surface area contributed by atoms with Crippen LogP contribution in [0.4, 0.5) is 5.82 Å². The predicted molar refractivity (Wildman–Crippen MR) is 155 cm³/mol. The van der Waals surface area contributed by atoms with E-state index in [4.69, 9.17) is 14.5 Å². The van der Waals surface area contributed by atoms with Gasteiger partial charge in [0, 0.05) is 36.8 Å². The molecule has 0 radical (unpaired) electrons. The molecule has 1 saturated heterocycles. The summed E-state index contributed by atoms with van der Waals surface area (Å²) >= 11 is 3.59. The number of halogens is 1. The highest BCUT2D eigenvalue weighted by atomic mass is 79.9. The number of aryl methyl sites for hydroxylation is 1. The summed E-state index contributed by atoms with van der Waals surface area (Å²) in [7, 11) is -0.773. The minimum atomic E-state index is -3.75. The Hall–Kier alpha value is -3.15. The fraction of sp³-hybridized carbons (Fsp3) is 0.357. The molecule has 1 aliphatic rings. The second kappa shape index (κ2) is 11.5. The Kier molecular flexibility index (Phi) is 8.11. The third-order valence-electron chi connectivity index (χ3n) is 7.04. The van der Waals surface area contributed by atoms with Crippen molar-refractivity contribution in [3.05, 3.63) is 64.8 Å². The number of methoxy groups -OCH3 is 2. The molecule has 39 heavy (non-hydrogen) atoms. The van der Waals surface area contributed by atoms with Gasteiger partial charge in [-0.3, -0.25) is 0 Å². The van der Waals surface area contributed by atoms with Gasteiger partial charge in [-0.1, -0.05) is 37.6 Å². The molecule has 0 aliphatic carbocycles. The van der Waals surface area contributed by atoms with Crippen molar-refractivity contribution in [2.45, 2.75) is 43.5 Å². The molecular weight excluding hydrogens is 582 g/mol. The van der Waals surface area contributed by atoms with E-state index >= 15 is 0 Å². The maximum atomic E-state index is 13.5. The van der Waals surface area contributed by atoms with Crippen molar-refractivity contribution < 1.29 is 17.9 Å². The number of anilines is 1. The van der Waals surface area contributed by atoms with Gasteiger partial charge in [0.05, 0.1) is 30.6 Å². The molecule has 5 rings (SSSR count). The minimum Gasteiger partial charge on any atom is -0.497 e. The van der Waals surface area contributed by atoms with E-state index in [0.717, 1.165) is 40.0 Å². The zero-order valence-electron chi connectivity index (χ0n) is 22.2. The van der Waals surface area contributed by atoms with Gasteiger partial charge in [0.15, 0.2) is 5.65 Å². The summed E-state index contributed by atoms with van der Waals surface area (Å²) in [5.41, 5.74) is 3.96. The summed E-state index contributed by atoms with van der Waals surface area (Å²) in [6.45, 7) is 2.93. The highest BCUT2D eigenvalue weighted by Gasteiger charge is 2.32. The summed E-state index contributed by atoms with van der Waals surface area (Å²) in [5, 5.41) is 8.14. The van der Waals surface area contributed by atoms with Gasteiger partial charge in [0.2, 0.25) is 10.0 Å². The second-order valence-electron chi connectivity index (χ2n) is 9.50. The average molecular weight is 615 g/mol. The molecule has 11 heteroatoms. The van der Waals surface area contributed by atoms with Crippen molar-refractivity contribution in [3.63, 3.8) is 0 Å². The van der Waals surface area contributed by atoms with Crippen molar-refractivity contribution in [2.24, 2.45) is 0 Å². The number of hydrogen-bond acceptors (Lipinski definition) is 7. The third-order valence-corrected chi connectivity index (χ3v) is 9.52. The first-order chi connectivity index (χ1) is 18.8. The molecule has 0 saturated carbocycles. The van der Waals surface area contributed by atoms with Crippen molar-refractivity contribution >= 4 is 37.4 Å². The number of aromatic nitrogens is 3. The Morgan fingerprint density at radius 3 is 2.56 bits per heavy atom. The van der Waals surface area contributed by atoms with Gasteiger partial charge >= 0.3 is 0 Å². The molecule has 9 nitrogen and oxygen atoms in total. The van der Waals surface area contributed by atoms with Crippen LogP contribution in [0.2, 0.25) is 0 Å². The first kappa shape index (κ1) is 27.4. The van der Waals surface area contributed by atoms with Gasteiger partial charge in [0.1, 0.15) is 22.2 Å². The Bertz CT molecular complexity index is 1580. The van der Waals surface area contributed by atoms with Gasteiger partial charge in [-0.2, -0.15) is 13.9 Å². The van der Waals surface area contributed by atoms with Gasteiger partial charge < -0.3 is 14.8 Å². The van der Waals surface area contributed by atoms with Crippen LogP contribution < -0.4 is 14.8 Å². The van der Waals surface area contributed by atoms with Crippen LogP contribution in [0.15, 0.2) is 64.1 Å². The molecular formula is C28H32BrN5O4S. The van der Waals surface area contributed by atoms with E-state index in [-0.39, 0.29) is 10.9 Å². The number of hydrogen-bond donors (Lipinski definition) is 1. The van der Waals surface area contributed by atoms with Crippen LogP contribution in [0, 0.1) is 0 Å². The normalized spacial score (nSPS) is 15.0. The monoisotopic (exact) mass is 613 g/mol. The van der Waals surface area contributed by atoms with E-state index < -0.39 is 10.0 Å². The Morgan fingerprint density at radius 2 is 1.85 bits per heavy atom. The highest BCUT2D eigenvalue weighted by molar-refractivity contribution is 9.10. The van der Waals surface area contributed by atoms with Gasteiger partial charge in [-0.15, -0.1) is 0 Å². The number of rotatable bonds is 9. The Balaban J connectivity index is 1.39. The van der Waals surface area contributed by atoms with Crippen LogP contribution >= 0.6 is 15.9 Å². The van der Waals surface area contributed by atoms with Crippen LogP contribution in [0.1, 0.15) is 31.7 Å². The lowest BCUT2D eigenvalue weighted by atomic mass is 10.0. The maximum absolute atomic E-state index is 13.5. The molecule has 0 bridgehead atoms. The smallest absolute Gasteiger partial charge is 0.246 e. The number of nitrogens with one attached hydrogen (secondary N) is 1. The number of fused-ring (bicyclic) bond motifs is 1. The number of sulfonamides is 1. The van der Waals surface area contributed by atoms with Gasteiger partial charge in [-0.25, -0.2) is 13.4 Å². The number of benzene rings is 2. The first-order valence-electron chi connectivity index (χ1n) is 13.0. The fourth-order valence-corrected chi connectivity index (χ4v) is 7.00. The van der Waals surface area contributed by atoms with Crippen LogP contribution in [0.25, 0.3) is 16.9 Å². The quantitative estimate of drug-likeness (QED) is 0.270. The SMILES string of the molecule is CCCc1ccccc1-c1cc(NC2CCN(S(=O)(=O)c3cc(OC)ccc3OC)CC2)n2ncc(Br)c2n1. The van der Waals surface area contributed by atoms with Crippen molar-refractivity contribution in [1.82, 2.24) is 18.9 Å². The first-order valence-corrected chi connectivity index (χ1v) is 15.2. The van der Waals surface area contributed by atoms with Gasteiger partial charge in [0.25, 0.3) is 0 Å². The summed E-state index contributed by atoms with van der Waals surface area (Å²) in [6, 6.07) is 15.3. The van der Waals surface area contributed by atoms with E-state index in [1.165, 1.54) is 30.2 Å². The molecule has 0 amide bonds. The highest BCUT2D eigenvalue weighted by Crippen LogP contribution is 2.33. The van der Waals surface area contributed by atoms with E-state index in [9.17, 15) is 8.42 Å². The molecule has 0 unspecified atom stereocenters. The molecule has 206 valence electrons. The van der Waals surface area contributed by atoms with Crippen molar-refractivity contribution in [2.75, 3.05) is 32.6 Å². The number of nitrogens with zero attached hydrogens (tertiary/aromatic N) is 4. The zero-order chi connectivity index (χ0) is 27.6. The second-order valence-corrected chi connectivity index (χ2v) is 12.3. The molecule has 1 fully saturated rings. The molecule has 4 aromatic rings. The van der Waals surface area contributed by atoms with E-state index in [1.807, 2.05) is 12.1 Å². The molecule has 3 heterocycles. The zero-order valence-corrected chi connectivity index (χ0v) is 24.6. The van der Waals surface area contributed by atoms with E-state index in [0.29, 0.717) is 37.4 Å². The van der Waals surface area contributed by atoms with E-state index in [2.05, 4.69) is 51.5 Å². The number of ether oxygens (including phenoxy) is 2. The maximum Gasteiger partial charge on any atom is 0.246 e. The lowest BCUT2D eigenvalue weighted by Gasteiger charge is -2.32. The summed E-state index contributed by atoms with van der Waals surface area (Å²) < 4.78 is 41.7. The molecule has 2 aromatic heterocycles.